The summed E-state index contributed by atoms with van der Waals surface area (Å²) in [6.07, 6.45) is 3.30. The topological polar surface area (TPSA) is 75.6 Å². The van der Waals surface area contributed by atoms with E-state index in [1.165, 1.54) is 24.1 Å². The van der Waals surface area contributed by atoms with Gasteiger partial charge in [-0.15, -0.1) is 0 Å². The summed E-state index contributed by atoms with van der Waals surface area (Å²) in [6, 6.07) is 4.99. The normalized spacial score (nSPS) is 25.4. The summed E-state index contributed by atoms with van der Waals surface area (Å²) in [5.41, 5.74) is 1.99. The van der Waals surface area contributed by atoms with E-state index in [1.54, 1.807) is 4.57 Å². The second kappa shape index (κ2) is 7.45. The van der Waals surface area contributed by atoms with E-state index in [2.05, 4.69) is 21.4 Å². The number of benzene rings is 1. The number of aromatic nitrogens is 4. The number of rotatable bonds is 6. The Balaban J connectivity index is 1.33. The fourth-order valence-electron chi connectivity index (χ4n) is 6.30. The highest BCUT2D eigenvalue weighted by Gasteiger charge is 2.55. The van der Waals surface area contributed by atoms with Gasteiger partial charge in [0.25, 0.3) is 5.56 Å². The maximum Gasteiger partial charge on any atom is 0.416 e. The van der Waals surface area contributed by atoms with Crippen molar-refractivity contribution in [3.63, 3.8) is 0 Å². The number of halogens is 3. The van der Waals surface area contributed by atoms with Crippen molar-refractivity contribution in [1.82, 2.24) is 19.5 Å². The molecule has 4 aliphatic carbocycles. The van der Waals surface area contributed by atoms with E-state index >= 15 is 0 Å². The average molecular weight is 470 g/mol. The van der Waals surface area contributed by atoms with E-state index in [-0.39, 0.29) is 17.5 Å². The zero-order chi connectivity index (χ0) is 23.7. The molecule has 0 amide bonds. The number of anilines is 1. The van der Waals surface area contributed by atoms with Gasteiger partial charge in [-0.3, -0.25) is 9.36 Å². The van der Waals surface area contributed by atoms with Crippen LogP contribution in [0.15, 0.2) is 40.7 Å². The quantitative estimate of drug-likeness (QED) is 0.489. The van der Waals surface area contributed by atoms with Crippen molar-refractivity contribution >= 4 is 17.1 Å². The Hall–Kier alpha value is -3.10. The zero-order valence-electron chi connectivity index (χ0n) is 18.9. The highest BCUT2D eigenvalue weighted by Crippen LogP contribution is 2.62. The number of imidazole rings is 1. The molecular formula is C25H26F3N5O. The third kappa shape index (κ3) is 3.27. The lowest BCUT2D eigenvalue weighted by Gasteiger charge is -2.30. The standard InChI is InChI=1S/C25H26F3N5O/c1-2-7-33-21(34)19-20(31-22(30-19)24-11-15-8-16(12-24)10-18(24)9-15)32-23(33)29-13-14-3-5-17(6-4-14)25(26,27)28/h3-6,9,15-16H,2,7-8,10-13H2,1H3,(H,29,32)(H,30,31). The zero-order valence-corrected chi connectivity index (χ0v) is 18.9. The molecule has 2 heterocycles. The fourth-order valence-corrected chi connectivity index (χ4v) is 6.30. The maximum atomic E-state index is 13.4. The molecule has 0 radical (unpaired) electrons. The highest BCUT2D eigenvalue weighted by molar-refractivity contribution is 5.72. The van der Waals surface area contributed by atoms with Gasteiger partial charge >= 0.3 is 6.18 Å². The smallest absolute Gasteiger partial charge is 0.351 e. The molecule has 1 aromatic carbocycles. The Kier molecular flexibility index (Phi) is 4.70. The van der Waals surface area contributed by atoms with E-state index in [0.717, 1.165) is 43.6 Å². The van der Waals surface area contributed by atoms with E-state index in [4.69, 9.17) is 4.98 Å². The molecular weight excluding hydrogens is 443 g/mol. The Morgan fingerprint density at radius 2 is 2.00 bits per heavy atom. The van der Waals surface area contributed by atoms with Crippen molar-refractivity contribution in [2.75, 3.05) is 5.32 Å². The first-order chi connectivity index (χ1) is 16.3. The lowest BCUT2D eigenvalue weighted by atomic mass is 9.74. The van der Waals surface area contributed by atoms with Crippen LogP contribution in [0.3, 0.4) is 0 Å². The largest absolute Gasteiger partial charge is 0.416 e. The van der Waals surface area contributed by atoms with Gasteiger partial charge in [-0.05, 0) is 61.6 Å². The molecule has 4 aliphatic rings. The Labute approximate surface area is 194 Å². The maximum absolute atomic E-state index is 13.4. The van der Waals surface area contributed by atoms with Crippen molar-refractivity contribution < 1.29 is 13.2 Å². The van der Waals surface area contributed by atoms with Crippen LogP contribution >= 0.6 is 0 Å². The third-order valence-corrected chi connectivity index (χ3v) is 7.69. The molecule has 0 aliphatic heterocycles. The molecule has 2 aromatic heterocycles. The second-order valence-electron chi connectivity index (χ2n) is 9.97. The Bertz CT molecular complexity index is 1350. The monoisotopic (exact) mass is 469 g/mol. The molecule has 2 saturated carbocycles. The van der Waals surface area contributed by atoms with Crippen LogP contribution < -0.4 is 10.9 Å². The van der Waals surface area contributed by atoms with Gasteiger partial charge in [0.1, 0.15) is 5.82 Å². The van der Waals surface area contributed by atoms with Gasteiger partial charge in [-0.1, -0.05) is 30.7 Å². The predicted molar refractivity (Wildman–Crippen MR) is 122 cm³/mol. The lowest BCUT2D eigenvalue weighted by molar-refractivity contribution is -0.137. The molecule has 34 heavy (non-hydrogen) atoms. The van der Waals surface area contributed by atoms with Gasteiger partial charge in [-0.25, -0.2) is 4.98 Å². The average Bonchev–Trinajstić information content (AvgIpc) is 3.41. The molecule has 3 atom stereocenters. The molecule has 0 spiro atoms. The first kappa shape index (κ1) is 21.4. The molecule has 3 aromatic rings. The van der Waals surface area contributed by atoms with Crippen LogP contribution in [0.25, 0.3) is 11.2 Å². The molecule has 6 nitrogen and oxygen atoms in total. The van der Waals surface area contributed by atoms with Crippen LogP contribution in [0.2, 0.25) is 0 Å². The van der Waals surface area contributed by atoms with Crippen LogP contribution in [0, 0.1) is 11.8 Å². The summed E-state index contributed by atoms with van der Waals surface area (Å²) in [4.78, 5) is 26.2. The van der Waals surface area contributed by atoms with Crippen molar-refractivity contribution in [2.24, 2.45) is 11.8 Å². The molecule has 2 fully saturated rings. The summed E-state index contributed by atoms with van der Waals surface area (Å²) in [6.45, 7) is 2.71. The van der Waals surface area contributed by atoms with E-state index in [1.807, 2.05) is 6.92 Å². The van der Waals surface area contributed by atoms with Crippen molar-refractivity contribution in [2.45, 2.75) is 63.7 Å². The van der Waals surface area contributed by atoms with E-state index in [9.17, 15) is 18.0 Å². The minimum atomic E-state index is -4.37. The summed E-state index contributed by atoms with van der Waals surface area (Å²) in [7, 11) is 0. The molecule has 2 N–H and O–H groups in total. The summed E-state index contributed by atoms with van der Waals surface area (Å²) >= 11 is 0. The summed E-state index contributed by atoms with van der Waals surface area (Å²) in [5, 5.41) is 3.15. The number of nitrogens with one attached hydrogen (secondary N) is 2. The fraction of sp³-hybridized carbons (Fsp3) is 0.480. The van der Waals surface area contributed by atoms with Gasteiger partial charge < -0.3 is 10.3 Å². The third-order valence-electron chi connectivity index (χ3n) is 7.69. The molecule has 178 valence electrons. The molecule has 3 unspecified atom stereocenters. The van der Waals surface area contributed by atoms with Crippen LogP contribution in [-0.4, -0.2) is 19.5 Å². The van der Waals surface area contributed by atoms with Gasteiger partial charge in [-0.2, -0.15) is 18.2 Å². The van der Waals surface area contributed by atoms with Gasteiger partial charge in [0, 0.05) is 13.1 Å². The minimum absolute atomic E-state index is 0.0792. The van der Waals surface area contributed by atoms with Crippen molar-refractivity contribution in [1.29, 1.82) is 0 Å². The minimum Gasteiger partial charge on any atom is -0.351 e. The summed E-state index contributed by atoms with van der Waals surface area (Å²) in [5.74, 6) is 2.55. The van der Waals surface area contributed by atoms with E-state index < -0.39 is 11.7 Å². The van der Waals surface area contributed by atoms with E-state index in [0.29, 0.717) is 41.1 Å². The number of fused-ring (bicyclic) bond motifs is 1. The molecule has 9 heteroatoms. The van der Waals surface area contributed by atoms with Crippen LogP contribution in [-0.2, 0) is 24.7 Å². The van der Waals surface area contributed by atoms with Gasteiger partial charge in [0.05, 0.1) is 11.0 Å². The Morgan fingerprint density at radius 1 is 1.21 bits per heavy atom. The molecule has 7 rings (SSSR count). The lowest BCUT2D eigenvalue weighted by Crippen LogP contribution is -2.28. The predicted octanol–water partition coefficient (Wildman–Crippen LogP) is 5.16. The number of hydrogen-bond acceptors (Lipinski definition) is 4. The van der Waals surface area contributed by atoms with Crippen LogP contribution in [0.4, 0.5) is 19.1 Å². The first-order valence-corrected chi connectivity index (χ1v) is 11.9. The first-order valence-electron chi connectivity index (χ1n) is 11.9. The van der Waals surface area contributed by atoms with Gasteiger partial charge in [0.2, 0.25) is 5.95 Å². The summed E-state index contributed by atoms with van der Waals surface area (Å²) < 4.78 is 40.1. The number of hydrogen-bond donors (Lipinski definition) is 2. The number of nitrogens with zero attached hydrogens (tertiary/aromatic N) is 3. The van der Waals surface area contributed by atoms with Crippen molar-refractivity contribution in [3.05, 3.63) is 63.2 Å². The molecule has 0 saturated heterocycles. The van der Waals surface area contributed by atoms with Crippen LogP contribution in [0.1, 0.15) is 56.0 Å². The van der Waals surface area contributed by atoms with Crippen LogP contribution in [0.5, 0.6) is 0 Å². The van der Waals surface area contributed by atoms with Gasteiger partial charge in [0.15, 0.2) is 11.2 Å². The molecule has 4 bridgehead atoms. The number of allylic oxidation sites excluding steroid dienone is 2. The Morgan fingerprint density at radius 3 is 2.71 bits per heavy atom. The number of H-pyrrole nitrogens is 1. The van der Waals surface area contributed by atoms with Crippen molar-refractivity contribution in [3.8, 4) is 0 Å². The number of alkyl halides is 3. The second-order valence-corrected chi connectivity index (χ2v) is 9.97. The highest BCUT2D eigenvalue weighted by atomic mass is 19.4. The SMILES string of the molecule is CCCn1c(NCc2ccc(C(F)(F)F)cc2)nc2nc(C34CC5C=C3CC(C5)C4)[nH]c2c1=O. The number of aromatic amines is 1.